The van der Waals surface area contributed by atoms with Crippen LogP contribution >= 0.6 is 0 Å². The maximum Gasteiger partial charge on any atom is 0.261 e. The number of hydrogen-bond acceptors (Lipinski definition) is 4. The molecule has 0 saturated carbocycles. The quantitative estimate of drug-likeness (QED) is 0.830. The van der Waals surface area contributed by atoms with Gasteiger partial charge in [-0.25, -0.2) is 0 Å². The Morgan fingerprint density at radius 1 is 1.08 bits per heavy atom. The summed E-state index contributed by atoms with van der Waals surface area (Å²) in [7, 11) is 0. The number of carbonyl (C=O) groups excluding carboxylic acids is 1. The van der Waals surface area contributed by atoms with Crippen LogP contribution in [-0.4, -0.2) is 43.2 Å². The normalized spacial score (nSPS) is 16.0. The third kappa shape index (κ3) is 5.58. The van der Waals surface area contributed by atoms with E-state index in [-0.39, 0.29) is 5.91 Å². The van der Waals surface area contributed by atoms with Crippen LogP contribution in [0.4, 0.5) is 0 Å². The van der Waals surface area contributed by atoms with Crippen LogP contribution in [0.15, 0.2) is 54.6 Å². The molecule has 26 heavy (non-hydrogen) atoms. The fourth-order valence-electron chi connectivity index (χ4n) is 2.87. The van der Waals surface area contributed by atoms with E-state index in [1.807, 2.05) is 30.3 Å². The van der Waals surface area contributed by atoms with E-state index in [4.69, 9.17) is 9.47 Å². The largest absolute Gasteiger partial charge is 0.481 e. The summed E-state index contributed by atoms with van der Waals surface area (Å²) in [6, 6.07) is 17.8. The lowest BCUT2D eigenvalue weighted by Crippen LogP contribution is -2.36. The van der Waals surface area contributed by atoms with Gasteiger partial charge in [0.2, 0.25) is 0 Å². The number of rotatable bonds is 7. The molecule has 1 atom stereocenters. The molecule has 0 bridgehead atoms. The second kappa shape index (κ2) is 9.36. The van der Waals surface area contributed by atoms with Crippen molar-refractivity contribution in [2.45, 2.75) is 26.1 Å². The van der Waals surface area contributed by atoms with Crippen LogP contribution < -0.4 is 10.1 Å². The van der Waals surface area contributed by atoms with Crippen LogP contribution in [0, 0.1) is 0 Å². The van der Waals surface area contributed by atoms with Gasteiger partial charge < -0.3 is 14.8 Å². The molecule has 1 aliphatic rings. The summed E-state index contributed by atoms with van der Waals surface area (Å²) in [5.41, 5.74) is 2.36. The van der Waals surface area contributed by atoms with Gasteiger partial charge in [0.1, 0.15) is 5.75 Å². The van der Waals surface area contributed by atoms with Crippen molar-refractivity contribution in [3.8, 4) is 5.75 Å². The number of nitrogens with one attached hydrogen (secondary N) is 1. The minimum Gasteiger partial charge on any atom is -0.481 e. The zero-order chi connectivity index (χ0) is 18.2. The Kier molecular flexibility index (Phi) is 6.63. The van der Waals surface area contributed by atoms with Crippen molar-refractivity contribution < 1.29 is 14.3 Å². The molecule has 1 saturated heterocycles. The summed E-state index contributed by atoms with van der Waals surface area (Å²) in [5, 5.41) is 2.93. The predicted molar refractivity (Wildman–Crippen MR) is 101 cm³/mol. The van der Waals surface area contributed by atoms with Crippen molar-refractivity contribution >= 4 is 5.91 Å². The van der Waals surface area contributed by atoms with Crippen molar-refractivity contribution in [3.05, 3.63) is 65.7 Å². The molecule has 3 rings (SSSR count). The van der Waals surface area contributed by atoms with Gasteiger partial charge in [-0.3, -0.25) is 9.69 Å². The molecule has 0 spiro atoms. The average Bonchev–Trinajstić information content (AvgIpc) is 2.69. The van der Waals surface area contributed by atoms with Gasteiger partial charge in [0.05, 0.1) is 13.2 Å². The fraction of sp³-hybridized carbons (Fsp3) is 0.381. The van der Waals surface area contributed by atoms with Crippen molar-refractivity contribution in [1.82, 2.24) is 10.2 Å². The number of morpholine rings is 1. The van der Waals surface area contributed by atoms with Gasteiger partial charge in [0, 0.05) is 26.2 Å². The van der Waals surface area contributed by atoms with Crippen molar-refractivity contribution in [1.29, 1.82) is 0 Å². The molecule has 2 aromatic rings. The first kappa shape index (κ1) is 18.4. The lowest BCUT2D eigenvalue weighted by molar-refractivity contribution is -0.127. The minimum atomic E-state index is -0.530. The van der Waals surface area contributed by atoms with E-state index in [1.54, 1.807) is 6.92 Å². The summed E-state index contributed by atoms with van der Waals surface area (Å²) in [4.78, 5) is 14.6. The zero-order valence-corrected chi connectivity index (χ0v) is 15.2. The van der Waals surface area contributed by atoms with Crippen LogP contribution in [0.3, 0.4) is 0 Å². The summed E-state index contributed by atoms with van der Waals surface area (Å²) >= 11 is 0. The van der Waals surface area contributed by atoms with E-state index in [1.165, 1.54) is 5.56 Å². The minimum absolute atomic E-state index is 0.119. The van der Waals surface area contributed by atoms with Crippen LogP contribution in [0.5, 0.6) is 5.75 Å². The highest BCUT2D eigenvalue weighted by atomic mass is 16.5. The van der Waals surface area contributed by atoms with E-state index in [9.17, 15) is 4.79 Å². The van der Waals surface area contributed by atoms with Crippen LogP contribution in [-0.2, 0) is 22.6 Å². The second-order valence-corrected chi connectivity index (χ2v) is 6.50. The molecule has 1 amide bonds. The Morgan fingerprint density at radius 2 is 1.73 bits per heavy atom. The number of nitrogens with zero attached hydrogens (tertiary/aromatic N) is 1. The standard InChI is InChI=1S/C21H26N2O3/c1-17(26-20-5-3-2-4-6-20)21(24)22-15-18-7-9-19(10-8-18)16-23-11-13-25-14-12-23/h2-10,17H,11-16H2,1H3,(H,22,24). The zero-order valence-electron chi connectivity index (χ0n) is 15.2. The summed E-state index contributed by atoms with van der Waals surface area (Å²) in [6.07, 6.45) is -0.530. The molecule has 2 aromatic carbocycles. The first-order chi connectivity index (χ1) is 12.7. The van der Waals surface area contributed by atoms with Gasteiger partial charge in [0.15, 0.2) is 6.10 Å². The number of ether oxygens (including phenoxy) is 2. The molecule has 1 heterocycles. The summed E-state index contributed by atoms with van der Waals surface area (Å²) in [6.45, 7) is 6.79. The van der Waals surface area contributed by atoms with Crippen molar-refractivity contribution in [2.75, 3.05) is 26.3 Å². The number of para-hydroxylation sites is 1. The third-order valence-corrected chi connectivity index (χ3v) is 4.42. The van der Waals surface area contributed by atoms with Crippen LogP contribution in [0.1, 0.15) is 18.1 Å². The molecule has 0 radical (unpaired) electrons. The average molecular weight is 354 g/mol. The predicted octanol–water partition coefficient (Wildman–Crippen LogP) is 2.60. The van der Waals surface area contributed by atoms with Gasteiger partial charge in [-0.05, 0) is 30.2 Å². The molecule has 1 aliphatic heterocycles. The maximum atomic E-state index is 12.2. The lowest BCUT2D eigenvalue weighted by Gasteiger charge is -2.26. The SMILES string of the molecule is CC(Oc1ccccc1)C(=O)NCc1ccc(CN2CCOCC2)cc1. The van der Waals surface area contributed by atoms with Crippen LogP contribution in [0.2, 0.25) is 0 Å². The van der Waals surface area contributed by atoms with Gasteiger partial charge in [-0.15, -0.1) is 0 Å². The lowest BCUT2D eigenvalue weighted by atomic mass is 10.1. The second-order valence-electron chi connectivity index (χ2n) is 6.50. The molecule has 5 heteroatoms. The number of benzene rings is 2. The smallest absolute Gasteiger partial charge is 0.261 e. The summed E-state index contributed by atoms with van der Waals surface area (Å²) in [5.74, 6) is 0.578. The van der Waals surface area contributed by atoms with Gasteiger partial charge in [-0.2, -0.15) is 0 Å². The Hall–Kier alpha value is -2.37. The topological polar surface area (TPSA) is 50.8 Å². The Bertz CT molecular complexity index is 682. The monoisotopic (exact) mass is 354 g/mol. The van der Waals surface area contributed by atoms with Crippen molar-refractivity contribution in [2.24, 2.45) is 0 Å². The van der Waals surface area contributed by atoms with E-state index in [0.29, 0.717) is 12.3 Å². The van der Waals surface area contributed by atoms with Gasteiger partial charge in [-0.1, -0.05) is 42.5 Å². The Morgan fingerprint density at radius 3 is 2.42 bits per heavy atom. The van der Waals surface area contributed by atoms with E-state index < -0.39 is 6.10 Å². The Balaban J connectivity index is 1.44. The maximum absolute atomic E-state index is 12.2. The highest BCUT2D eigenvalue weighted by molar-refractivity contribution is 5.80. The number of amides is 1. The van der Waals surface area contributed by atoms with E-state index >= 15 is 0 Å². The van der Waals surface area contributed by atoms with Gasteiger partial charge in [0.25, 0.3) is 5.91 Å². The highest BCUT2D eigenvalue weighted by Crippen LogP contribution is 2.12. The number of carbonyl (C=O) groups is 1. The first-order valence-electron chi connectivity index (χ1n) is 9.08. The molecule has 5 nitrogen and oxygen atoms in total. The van der Waals surface area contributed by atoms with Gasteiger partial charge >= 0.3 is 0 Å². The molecular weight excluding hydrogens is 328 g/mol. The third-order valence-electron chi connectivity index (χ3n) is 4.42. The van der Waals surface area contributed by atoms with Crippen molar-refractivity contribution in [3.63, 3.8) is 0 Å². The summed E-state index contributed by atoms with van der Waals surface area (Å²) < 4.78 is 11.0. The highest BCUT2D eigenvalue weighted by Gasteiger charge is 2.14. The number of hydrogen-bond donors (Lipinski definition) is 1. The molecule has 0 aromatic heterocycles. The van der Waals surface area contributed by atoms with Crippen LogP contribution in [0.25, 0.3) is 0 Å². The molecule has 1 fully saturated rings. The molecule has 0 aliphatic carbocycles. The molecular formula is C21H26N2O3. The van der Waals surface area contributed by atoms with E-state index in [0.717, 1.165) is 38.4 Å². The molecule has 138 valence electrons. The fourth-order valence-corrected chi connectivity index (χ4v) is 2.87. The molecule has 1 unspecified atom stereocenters. The first-order valence-corrected chi connectivity index (χ1v) is 9.08. The molecule has 1 N–H and O–H groups in total. The Labute approximate surface area is 154 Å². The van der Waals surface area contributed by atoms with E-state index in [2.05, 4.69) is 34.5 Å².